The summed E-state index contributed by atoms with van der Waals surface area (Å²) in [5.74, 6) is 2.36. The molecule has 0 heterocycles. The molecular weight excluding hydrogens is 168 g/mol. The van der Waals surface area contributed by atoms with E-state index < -0.39 is 0 Å². The largest absolute Gasteiger partial charge is 0.133 e. The number of allylic oxidation sites excluding steroid dienone is 1. The molecule has 14 heavy (non-hydrogen) atoms. The van der Waals surface area contributed by atoms with Gasteiger partial charge in [0.2, 0.25) is 0 Å². The lowest BCUT2D eigenvalue weighted by molar-refractivity contribution is 0.0909. The van der Waals surface area contributed by atoms with Gasteiger partial charge < -0.3 is 0 Å². The van der Waals surface area contributed by atoms with E-state index in [0.29, 0.717) is 11.3 Å². The van der Waals surface area contributed by atoms with Crippen LogP contribution in [-0.2, 0) is 0 Å². The predicted molar refractivity (Wildman–Crippen MR) is 63.2 cm³/mol. The Balaban J connectivity index is 2.75. The summed E-state index contributed by atoms with van der Waals surface area (Å²) in [6.45, 7) is 13.2. The molecule has 1 saturated carbocycles. The van der Waals surface area contributed by atoms with Crippen molar-refractivity contribution in [2.75, 3.05) is 0 Å². The van der Waals surface area contributed by atoms with Crippen LogP contribution in [0.5, 0.6) is 0 Å². The van der Waals surface area contributed by atoms with Crippen LogP contribution in [-0.4, -0.2) is 0 Å². The van der Waals surface area contributed by atoms with Gasteiger partial charge in [-0.3, -0.25) is 0 Å². The topological polar surface area (TPSA) is 0 Å². The highest BCUT2D eigenvalue weighted by molar-refractivity contribution is 4.95. The molecule has 1 aliphatic rings. The lowest BCUT2D eigenvalue weighted by Gasteiger charge is -2.42. The van der Waals surface area contributed by atoms with Crippen molar-refractivity contribution in [1.29, 1.82) is 0 Å². The third-order valence-corrected chi connectivity index (χ3v) is 3.81. The highest BCUT2D eigenvalue weighted by atomic mass is 14.4. The van der Waals surface area contributed by atoms with Crippen molar-refractivity contribution in [3.05, 3.63) is 18.4 Å². The summed E-state index contributed by atoms with van der Waals surface area (Å²) in [7, 11) is 0. The fourth-order valence-corrected chi connectivity index (χ4v) is 3.01. The minimum Gasteiger partial charge on any atom is -0.133 e. The lowest BCUT2D eigenvalue weighted by Crippen LogP contribution is -2.33. The third kappa shape index (κ3) is 2.51. The summed E-state index contributed by atoms with van der Waals surface area (Å²) in [6, 6.07) is 0. The van der Waals surface area contributed by atoms with Crippen LogP contribution in [0.2, 0.25) is 0 Å². The van der Waals surface area contributed by atoms with Gasteiger partial charge in [-0.2, -0.15) is 0 Å². The van der Waals surface area contributed by atoms with Gasteiger partial charge in [0.15, 0.2) is 0 Å². The maximum atomic E-state index is 3.70. The maximum absolute atomic E-state index is 3.70. The van der Waals surface area contributed by atoms with Crippen LogP contribution in [0.4, 0.5) is 0 Å². The lowest BCUT2D eigenvalue weighted by atomic mass is 9.63. The second kappa shape index (κ2) is 4.36. The van der Waals surface area contributed by atoms with Crippen molar-refractivity contribution < 1.29 is 0 Å². The zero-order valence-electron chi connectivity index (χ0n) is 10.1. The minimum atomic E-state index is 0.451. The SMILES string of the molecule is C=C=CC1CCCC(C(C)(C)C)C1C. The van der Waals surface area contributed by atoms with Gasteiger partial charge in [0.1, 0.15) is 0 Å². The molecule has 0 nitrogen and oxygen atoms in total. The van der Waals surface area contributed by atoms with Gasteiger partial charge in [-0.15, -0.1) is 5.73 Å². The smallest absolute Gasteiger partial charge is 0.0129 e. The first-order valence-corrected chi connectivity index (χ1v) is 5.82. The van der Waals surface area contributed by atoms with Gasteiger partial charge in [0.25, 0.3) is 0 Å². The Kier molecular flexibility index (Phi) is 3.61. The molecular formula is C14H24. The molecule has 0 aromatic heterocycles. The Morgan fingerprint density at radius 2 is 1.93 bits per heavy atom. The van der Waals surface area contributed by atoms with E-state index in [9.17, 15) is 0 Å². The third-order valence-electron chi connectivity index (χ3n) is 3.81. The van der Waals surface area contributed by atoms with Crippen LogP contribution in [0.25, 0.3) is 0 Å². The van der Waals surface area contributed by atoms with Crippen molar-refractivity contribution in [2.45, 2.75) is 47.0 Å². The van der Waals surface area contributed by atoms with Crippen molar-refractivity contribution in [2.24, 2.45) is 23.2 Å². The highest BCUT2D eigenvalue weighted by Crippen LogP contribution is 2.44. The van der Waals surface area contributed by atoms with E-state index in [-0.39, 0.29) is 0 Å². The molecule has 3 atom stereocenters. The molecule has 1 aliphatic carbocycles. The summed E-state index contributed by atoms with van der Waals surface area (Å²) < 4.78 is 0. The summed E-state index contributed by atoms with van der Waals surface area (Å²) in [5.41, 5.74) is 3.42. The van der Waals surface area contributed by atoms with E-state index in [4.69, 9.17) is 0 Å². The van der Waals surface area contributed by atoms with Gasteiger partial charge in [0, 0.05) is 0 Å². The maximum Gasteiger partial charge on any atom is -0.0129 e. The zero-order chi connectivity index (χ0) is 10.8. The molecule has 0 amide bonds. The summed E-state index contributed by atoms with van der Waals surface area (Å²) in [5, 5.41) is 0. The van der Waals surface area contributed by atoms with E-state index >= 15 is 0 Å². The second-order valence-electron chi connectivity index (χ2n) is 5.80. The van der Waals surface area contributed by atoms with Gasteiger partial charge in [0.05, 0.1) is 0 Å². The van der Waals surface area contributed by atoms with Gasteiger partial charge in [-0.1, -0.05) is 40.7 Å². The van der Waals surface area contributed by atoms with Crippen LogP contribution in [0, 0.1) is 23.2 Å². The molecule has 0 N–H and O–H groups in total. The van der Waals surface area contributed by atoms with Crippen LogP contribution in [0.3, 0.4) is 0 Å². The molecule has 0 heteroatoms. The molecule has 0 aromatic rings. The molecule has 0 radical (unpaired) electrons. The van der Waals surface area contributed by atoms with Crippen LogP contribution < -0.4 is 0 Å². The Morgan fingerprint density at radius 3 is 2.43 bits per heavy atom. The quantitative estimate of drug-likeness (QED) is 0.539. The number of hydrogen-bond donors (Lipinski definition) is 0. The Labute approximate surface area is 89.1 Å². The molecule has 3 unspecified atom stereocenters. The Morgan fingerprint density at radius 1 is 1.29 bits per heavy atom. The Hall–Kier alpha value is -0.480. The summed E-state index contributed by atoms with van der Waals surface area (Å²) in [4.78, 5) is 0. The van der Waals surface area contributed by atoms with E-state index in [1.807, 2.05) is 0 Å². The normalized spacial score (nSPS) is 33.6. The van der Waals surface area contributed by atoms with Crippen molar-refractivity contribution in [1.82, 2.24) is 0 Å². The van der Waals surface area contributed by atoms with E-state index in [1.165, 1.54) is 19.3 Å². The summed E-state index contributed by atoms with van der Waals surface area (Å²) in [6.07, 6.45) is 6.28. The molecule has 0 saturated heterocycles. The van der Waals surface area contributed by atoms with E-state index in [0.717, 1.165) is 11.8 Å². The van der Waals surface area contributed by atoms with E-state index in [2.05, 4.69) is 46.1 Å². The molecule has 1 fully saturated rings. The van der Waals surface area contributed by atoms with Crippen molar-refractivity contribution in [3.63, 3.8) is 0 Å². The second-order valence-corrected chi connectivity index (χ2v) is 5.80. The first-order chi connectivity index (χ1) is 6.46. The Bertz CT molecular complexity index is 225. The van der Waals surface area contributed by atoms with Gasteiger partial charge >= 0.3 is 0 Å². The molecule has 0 bridgehead atoms. The zero-order valence-corrected chi connectivity index (χ0v) is 10.1. The molecule has 1 rings (SSSR count). The fraction of sp³-hybridized carbons (Fsp3) is 0.786. The van der Waals surface area contributed by atoms with Crippen LogP contribution >= 0.6 is 0 Å². The monoisotopic (exact) mass is 192 g/mol. The minimum absolute atomic E-state index is 0.451. The first-order valence-electron chi connectivity index (χ1n) is 5.82. The first kappa shape index (κ1) is 11.6. The van der Waals surface area contributed by atoms with Crippen LogP contribution in [0.15, 0.2) is 18.4 Å². The average Bonchev–Trinajstić information content (AvgIpc) is 2.07. The highest BCUT2D eigenvalue weighted by Gasteiger charge is 2.35. The molecule has 80 valence electrons. The molecule has 0 aliphatic heterocycles. The van der Waals surface area contributed by atoms with Gasteiger partial charge in [-0.25, -0.2) is 0 Å². The number of hydrogen-bond acceptors (Lipinski definition) is 0. The van der Waals surface area contributed by atoms with Crippen molar-refractivity contribution >= 4 is 0 Å². The van der Waals surface area contributed by atoms with Crippen molar-refractivity contribution in [3.8, 4) is 0 Å². The molecule has 0 aromatic carbocycles. The molecule has 0 spiro atoms. The fourth-order valence-electron chi connectivity index (χ4n) is 3.01. The number of rotatable bonds is 1. The average molecular weight is 192 g/mol. The van der Waals surface area contributed by atoms with E-state index in [1.54, 1.807) is 0 Å². The standard InChI is InChI=1S/C14H24/c1-6-8-12-9-7-10-13(11(12)2)14(3,4)5/h8,11-13H,1,7,9-10H2,2-5H3. The van der Waals surface area contributed by atoms with Gasteiger partial charge in [-0.05, 0) is 42.1 Å². The predicted octanol–water partition coefficient (Wildman–Crippen LogP) is 4.43. The van der Waals surface area contributed by atoms with Crippen LogP contribution in [0.1, 0.15) is 47.0 Å². The summed E-state index contributed by atoms with van der Waals surface area (Å²) >= 11 is 0.